The number of hydrogen-bond donors (Lipinski definition) is 1. The molecule has 1 aromatic carbocycles. The van der Waals surface area contributed by atoms with E-state index < -0.39 is 12.3 Å². The fraction of sp³-hybridized carbons (Fsp3) is 0.500. The number of aromatic nitrogens is 1. The molecule has 1 saturated heterocycles. The number of piperidine rings is 1. The highest BCUT2D eigenvalue weighted by Crippen LogP contribution is 2.34. The molecule has 7 nitrogen and oxygen atoms in total. The number of aliphatic hydroxyl groups excluding tert-OH is 1. The van der Waals surface area contributed by atoms with Crippen LogP contribution < -0.4 is 9.64 Å². The molecule has 0 spiro atoms. The summed E-state index contributed by atoms with van der Waals surface area (Å²) in [5, 5.41) is 9.23. The lowest BCUT2D eigenvalue weighted by Crippen LogP contribution is -2.47. The molecule has 2 aromatic rings. The van der Waals surface area contributed by atoms with Crippen molar-refractivity contribution >= 4 is 11.7 Å². The average Bonchev–Trinajstić information content (AvgIpc) is 3.36. The highest BCUT2D eigenvalue weighted by atomic mass is 19.1. The lowest BCUT2D eigenvalue weighted by atomic mass is 10.0. The Labute approximate surface area is 186 Å². The number of rotatable bonds is 5. The monoisotopic (exact) mass is 441 g/mol. The molecule has 4 heterocycles. The average molecular weight is 442 g/mol. The predicted molar refractivity (Wildman–Crippen MR) is 117 cm³/mol. The van der Waals surface area contributed by atoms with Gasteiger partial charge in [-0.2, -0.15) is 0 Å². The molecule has 5 rings (SSSR count). The molecule has 3 aliphatic rings. The number of anilines is 1. The van der Waals surface area contributed by atoms with Crippen molar-refractivity contribution < 1.29 is 23.8 Å². The Morgan fingerprint density at radius 1 is 1.25 bits per heavy atom. The Hall–Kier alpha value is -2.71. The summed E-state index contributed by atoms with van der Waals surface area (Å²) in [5.74, 6) is 1.32. The fourth-order valence-corrected chi connectivity index (χ4v) is 4.86. The summed E-state index contributed by atoms with van der Waals surface area (Å²) in [6.45, 7) is 6.44. The zero-order valence-electron chi connectivity index (χ0n) is 18.4. The summed E-state index contributed by atoms with van der Waals surface area (Å²) in [7, 11) is 0. The largest absolute Gasteiger partial charge is 0.487 e. The van der Waals surface area contributed by atoms with Crippen molar-refractivity contribution in [3.63, 3.8) is 0 Å². The number of carbonyl (C=O) groups is 1. The molecule has 8 heteroatoms. The molecule has 1 amide bonds. The fourth-order valence-electron chi connectivity index (χ4n) is 4.86. The van der Waals surface area contributed by atoms with Crippen LogP contribution in [0.5, 0.6) is 5.75 Å². The van der Waals surface area contributed by atoms with Gasteiger partial charge in [0.05, 0.1) is 44.2 Å². The molecule has 0 bridgehead atoms. The van der Waals surface area contributed by atoms with Gasteiger partial charge in [0.15, 0.2) is 6.17 Å². The molecular weight excluding hydrogens is 413 g/mol. The molecule has 32 heavy (non-hydrogen) atoms. The van der Waals surface area contributed by atoms with E-state index in [4.69, 9.17) is 14.5 Å². The van der Waals surface area contributed by atoms with Gasteiger partial charge >= 0.3 is 0 Å². The van der Waals surface area contributed by atoms with Crippen molar-refractivity contribution in [2.24, 2.45) is 0 Å². The number of aliphatic hydroxyl groups is 1. The number of alkyl halides is 1. The van der Waals surface area contributed by atoms with Gasteiger partial charge in [0.1, 0.15) is 17.7 Å². The van der Waals surface area contributed by atoms with E-state index in [1.165, 1.54) is 0 Å². The van der Waals surface area contributed by atoms with Crippen molar-refractivity contribution in [2.45, 2.75) is 52.3 Å². The minimum Gasteiger partial charge on any atom is -0.487 e. The second kappa shape index (κ2) is 8.33. The van der Waals surface area contributed by atoms with Gasteiger partial charge in [0.2, 0.25) is 0 Å². The second-order valence-corrected chi connectivity index (χ2v) is 8.79. The number of pyridine rings is 1. The number of nitrogens with zero attached hydrogens (tertiary/aromatic N) is 3. The van der Waals surface area contributed by atoms with E-state index in [0.717, 1.165) is 28.1 Å². The Morgan fingerprint density at radius 3 is 2.84 bits per heavy atom. The van der Waals surface area contributed by atoms with Gasteiger partial charge in [-0.25, -0.2) is 9.37 Å². The van der Waals surface area contributed by atoms with Crippen LogP contribution in [0, 0.1) is 13.8 Å². The first-order chi connectivity index (χ1) is 15.5. The minimum absolute atomic E-state index is 0.0844. The molecule has 1 aromatic heterocycles. The van der Waals surface area contributed by atoms with E-state index in [0.29, 0.717) is 49.7 Å². The highest BCUT2D eigenvalue weighted by Gasteiger charge is 2.36. The first kappa shape index (κ1) is 21.2. The van der Waals surface area contributed by atoms with Crippen LogP contribution in [0.25, 0.3) is 0 Å². The normalized spacial score (nSPS) is 22.3. The topological polar surface area (TPSA) is 75.1 Å². The number of halogens is 1. The standard InChI is InChI=1S/C24H28FN3O4/c1-14-15(2)23(26-20-11-28(7-8-29)24(30)22(14)20)27-6-5-21(19(25)10-27)32-18-4-3-16-12-31-13-17(16)9-18/h3-4,9,19,21,29H,5-8,10-13H2,1-2H3/t19-,21+/m0/s1. The van der Waals surface area contributed by atoms with Crippen LogP contribution >= 0.6 is 0 Å². The molecule has 0 aliphatic carbocycles. The maximum atomic E-state index is 15.2. The van der Waals surface area contributed by atoms with Crippen molar-refractivity contribution in [1.29, 1.82) is 0 Å². The van der Waals surface area contributed by atoms with E-state index in [1.807, 2.05) is 36.9 Å². The Bertz CT molecular complexity index is 1060. The number of β-amino-alcohol motifs (C(OH)–C–C–N with tert-alkyl or cyclic N) is 1. The lowest BCUT2D eigenvalue weighted by Gasteiger charge is -2.36. The molecule has 3 aliphatic heterocycles. The second-order valence-electron chi connectivity index (χ2n) is 8.79. The van der Waals surface area contributed by atoms with Crippen LogP contribution in [0.3, 0.4) is 0 Å². The summed E-state index contributed by atoms with van der Waals surface area (Å²) >= 11 is 0. The molecular formula is C24H28FN3O4. The third-order valence-corrected chi connectivity index (χ3v) is 6.78. The molecule has 0 unspecified atom stereocenters. The number of ether oxygens (including phenoxy) is 2. The maximum Gasteiger partial charge on any atom is 0.256 e. The number of amides is 1. The third-order valence-electron chi connectivity index (χ3n) is 6.78. The lowest BCUT2D eigenvalue weighted by molar-refractivity contribution is 0.0744. The number of carbonyl (C=O) groups excluding carboxylic acids is 1. The van der Waals surface area contributed by atoms with Crippen LogP contribution in [-0.2, 0) is 24.5 Å². The van der Waals surface area contributed by atoms with Gasteiger partial charge in [-0.1, -0.05) is 6.07 Å². The van der Waals surface area contributed by atoms with Crippen LogP contribution in [0.2, 0.25) is 0 Å². The van der Waals surface area contributed by atoms with Gasteiger partial charge in [-0.3, -0.25) is 4.79 Å². The summed E-state index contributed by atoms with van der Waals surface area (Å²) in [5.41, 5.74) is 5.37. The Kier molecular flexibility index (Phi) is 5.51. The third kappa shape index (κ3) is 3.61. The van der Waals surface area contributed by atoms with Crippen LogP contribution in [0.1, 0.15) is 44.7 Å². The summed E-state index contributed by atoms with van der Waals surface area (Å²) in [4.78, 5) is 21.0. The number of benzene rings is 1. The zero-order chi connectivity index (χ0) is 22.4. The molecule has 0 radical (unpaired) electrons. The smallest absolute Gasteiger partial charge is 0.256 e. The Morgan fingerprint density at radius 2 is 2.06 bits per heavy atom. The molecule has 170 valence electrons. The van der Waals surface area contributed by atoms with Gasteiger partial charge in [-0.05, 0) is 48.2 Å². The predicted octanol–water partition coefficient (Wildman–Crippen LogP) is 2.67. The van der Waals surface area contributed by atoms with Gasteiger partial charge in [0, 0.05) is 19.5 Å². The minimum atomic E-state index is -1.16. The summed E-state index contributed by atoms with van der Waals surface area (Å²) in [6.07, 6.45) is -1.12. The van der Waals surface area contributed by atoms with E-state index in [-0.39, 0.29) is 25.6 Å². The van der Waals surface area contributed by atoms with Crippen molar-refractivity contribution in [3.8, 4) is 5.75 Å². The van der Waals surface area contributed by atoms with Gasteiger partial charge in [0.25, 0.3) is 5.91 Å². The summed E-state index contributed by atoms with van der Waals surface area (Å²) in [6, 6.07) is 5.82. The first-order valence-electron chi connectivity index (χ1n) is 11.1. The SMILES string of the molecule is Cc1c(N2CC[C@@H](Oc3ccc4c(c3)COC4)[C@@H](F)C2)nc2c(c1C)C(=O)N(CCO)C2. The van der Waals surface area contributed by atoms with Crippen molar-refractivity contribution in [2.75, 3.05) is 31.1 Å². The van der Waals surface area contributed by atoms with Gasteiger partial charge < -0.3 is 24.4 Å². The molecule has 1 fully saturated rings. The van der Waals surface area contributed by atoms with E-state index in [2.05, 4.69) is 0 Å². The van der Waals surface area contributed by atoms with Crippen molar-refractivity contribution in [1.82, 2.24) is 9.88 Å². The molecule has 2 atom stereocenters. The van der Waals surface area contributed by atoms with Crippen LogP contribution in [0.15, 0.2) is 18.2 Å². The van der Waals surface area contributed by atoms with Gasteiger partial charge in [-0.15, -0.1) is 0 Å². The summed E-state index contributed by atoms with van der Waals surface area (Å²) < 4.78 is 26.6. The highest BCUT2D eigenvalue weighted by molar-refractivity contribution is 6.00. The molecule has 0 saturated carbocycles. The first-order valence-corrected chi connectivity index (χ1v) is 11.1. The van der Waals surface area contributed by atoms with Crippen LogP contribution in [0.4, 0.5) is 10.2 Å². The quantitative estimate of drug-likeness (QED) is 0.769. The van der Waals surface area contributed by atoms with E-state index >= 15 is 4.39 Å². The van der Waals surface area contributed by atoms with Crippen LogP contribution in [-0.4, -0.2) is 59.4 Å². The maximum absolute atomic E-state index is 15.2. The van der Waals surface area contributed by atoms with E-state index in [9.17, 15) is 9.90 Å². The number of fused-ring (bicyclic) bond motifs is 2. The van der Waals surface area contributed by atoms with E-state index in [1.54, 1.807) is 4.90 Å². The zero-order valence-corrected chi connectivity index (χ0v) is 18.4. The molecule has 1 N–H and O–H groups in total. The van der Waals surface area contributed by atoms with Crippen molar-refractivity contribution in [3.05, 3.63) is 51.7 Å². The Balaban J connectivity index is 1.31. The number of hydrogen-bond acceptors (Lipinski definition) is 6.